The number of hydrogen-bond donors (Lipinski definition) is 3. The number of nitro benzene ring substituents is 1. The highest BCUT2D eigenvalue weighted by Crippen LogP contribution is 2.26. The van der Waals surface area contributed by atoms with Gasteiger partial charge in [-0.1, -0.05) is 6.07 Å². The van der Waals surface area contributed by atoms with Gasteiger partial charge in [0.05, 0.1) is 4.92 Å². The van der Waals surface area contributed by atoms with Crippen LogP contribution in [0.5, 0.6) is 0 Å². The second-order valence-corrected chi connectivity index (χ2v) is 3.71. The molecule has 0 bridgehead atoms. The molecular weight excluding hydrogens is 252 g/mol. The van der Waals surface area contributed by atoms with Gasteiger partial charge in [0.25, 0.3) is 5.69 Å². The molecule has 0 atom stereocenters. The Bertz CT molecular complexity index is 499. The molecule has 0 spiro atoms. The van der Waals surface area contributed by atoms with E-state index in [1.165, 1.54) is 18.2 Å². The molecule has 19 heavy (non-hydrogen) atoms. The van der Waals surface area contributed by atoms with E-state index in [1.807, 2.05) is 0 Å². The number of aliphatic carboxylic acids is 1. The zero-order valence-corrected chi connectivity index (χ0v) is 10.1. The van der Waals surface area contributed by atoms with E-state index in [2.05, 4.69) is 5.32 Å². The van der Waals surface area contributed by atoms with Crippen LogP contribution in [0, 0.1) is 10.1 Å². The van der Waals surface area contributed by atoms with Crippen molar-refractivity contribution in [2.24, 2.45) is 0 Å². The van der Waals surface area contributed by atoms with Crippen molar-refractivity contribution < 1.29 is 19.9 Å². The molecule has 7 heteroatoms. The second kappa shape index (κ2) is 7.12. The summed E-state index contributed by atoms with van der Waals surface area (Å²) in [6, 6.07) is 4.38. The number of carbonyl (C=O) groups is 1. The Hall–Kier alpha value is -2.41. The van der Waals surface area contributed by atoms with Crippen molar-refractivity contribution in [1.29, 1.82) is 0 Å². The first kappa shape index (κ1) is 14.7. The smallest absolute Gasteiger partial charge is 0.328 e. The molecule has 0 aliphatic carbocycles. The van der Waals surface area contributed by atoms with Crippen LogP contribution in [-0.4, -0.2) is 34.3 Å². The second-order valence-electron chi connectivity index (χ2n) is 3.71. The lowest BCUT2D eigenvalue weighted by molar-refractivity contribution is -0.384. The summed E-state index contributed by atoms with van der Waals surface area (Å²) in [6.45, 7) is 0.419. The van der Waals surface area contributed by atoms with E-state index >= 15 is 0 Å². The van der Waals surface area contributed by atoms with Gasteiger partial charge in [-0.15, -0.1) is 0 Å². The number of nitrogens with one attached hydrogen (secondary N) is 1. The summed E-state index contributed by atoms with van der Waals surface area (Å²) in [5.41, 5.74) is 0.637. The Labute approximate surface area is 109 Å². The van der Waals surface area contributed by atoms with Crippen LogP contribution in [0.15, 0.2) is 24.3 Å². The van der Waals surface area contributed by atoms with Crippen LogP contribution in [0.25, 0.3) is 6.08 Å². The van der Waals surface area contributed by atoms with E-state index in [9.17, 15) is 14.9 Å². The summed E-state index contributed by atoms with van der Waals surface area (Å²) < 4.78 is 0. The molecule has 1 aromatic carbocycles. The van der Waals surface area contributed by atoms with Crippen molar-refractivity contribution in [2.45, 2.75) is 6.42 Å². The van der Waals surface area contributed by atoms with Crippen LogP contribution in [0.1, 0.15) is 12.0 Å². The Morgan fingerprint density at radius 3 is 2.79 bits per heavy atom. The van der Waals surface area contributed by atoms with Gasteiger partial charge in [0, 0.05) is 25.3 Å². The number of benzene rings is 1. The number of carboxylic acid groups (broad SMARTS) is 1. The lowest BCUT2D eigenvalue weighted by atomic mass is 10.1. The standard InChI is InChI=1S/C12H14N2O5/c15-7-1-6-13-10-4-2-9(3-5-12(16)17)8-11(10)14(18)19/h2-5,8,13,15H,1,6-7H2,(H,16,17)/b5-3+. The largest absolute Gasteiger partial charge is 0.478 e. The molecule has 0 saturated carbocycles. The van der Waals surface area contributed by atoms with Gasteiger partial charge in [-0.05, 0) is 24.1 Å². The maximum absolute atomic E-state index is 10.9. The first-order valence-electron chi connectivity index (χ1n) is 5.58. The van der Waals surface area contributed by atoms with Gasteiger partial charge in [0.2, 0.25) is 0 Å². The number of anilines is 1. The lowest BCUT2D eigenvalue weighted by Crippen LogP contribution is -2.05. The zero-order chi connectivity index (χ0) is 14.3. The molecule has 0 aromatic heterocycles. The van der Waals surface area contributed by atoms with E-state index in [0.29, 0.717) is 24.2 Å². The predicted molar refractivity (Wildman–Crippen MR) is 70.0 cm³/mol. The van der Waals surface area contributed by atoms with Crippen LogP contribution >= 0.6 is 0 Å². The van der Waals surface area contributed by atoms with Gasteiger partial charge in [0.15, 0.2) is 0 Å². The summed E-state index contributed by atoms with van der Waals surface area (Å²) in [5.74, 6) is -1.12. The van der Waals surface area contributed by atoms with Crippen molar-refractivity contribution in [2.75, 3.05) is 18.5 Å². The highest BCUT2D eigenvalue weighted by Gasteiger charge is 2.13. The Balaban J connectivity index is 2.94. The third kappa shape index (κ3) is 4.76. The van der Waals surface area contributed by atoms with Gasteiger partial charge in [-0.25, -0.2) is 4.79 Å². The Morgan fingerprint density at radius 2 is 2.21 bits per heavy atom. The first-order valence-corrected chi connectivity index (χ1v) is 5.58. The summed E-state index contributed by atoms with van der Waals surface area (Å²) in [7, 11) is 0. The third-order valence-corrected chi connectivity index (χ3v) is 2.29. The highest BCUT2D eigenvalue weighted by molar-refractivity contribution is 5.85. The number of aliphatic hydroxyl groups excluding tert-OH is 1. The third-order valence-electron chi connectivity index (χ3n) is 2.29. The maximum Gasteiger partial charge on any atom is 0.328 e. The average molecular weight is 266 g/mol. The van der Waals surface area contributed by atoms with Crippen molar-refractivity contribution >= 4 is 23.4 Å². The van der Waals surface area contributed by atoms with Gasteiger partial charge in [-0.2, -0.15) is 0 Å². The van der Waals surface area contributed by atoms with E-state index in [-0.39, 0.29) is 12.3 Å². The quantitative estimate of drug-likeness (QED) is 0.298. The lowest BCUT2D eigenvalue weighted by Gasteiger charge is -2.06. The van der Waals surface area contributed by atoms with Crippen LogP contribution in [-0.2, 0) is 4.79 Å². The minimum absolute atomic E-state index is 0.000229. The molecule has 0 fully saturated rings. The van der Waals surface area contributed by atoms with Gasteiger partial charge in [-0.3, -0.25) is 10.1 Å². The number of nitrogens with zero attached hydrogens (tertiary/aromatic N) is 1. The van der Waals surface area contributed by atoms with E-state index in [0.717, 1.165) is 6.08 Å². The molecule has 0 radical (unpaired) electrons. The fourth-order valence-electron chi connectivity index (χ4n) is 1.42. The SMILES string of the molecule is O=C(O)/C=C/c1ccc(NCCCO)c([N+](=O)[O-])c1. The molecule has 0 aliphatic rings. The van der Waals surface area contributed by atoms with E-state index in [4.69, 9.17) is 10.2 Å². The van der Waals surface area contributed by atoms with Crippen LogP contribution in [0.4, 0.5) is 11.4 Å². The van der Waals surface area contributed by atoms with Crippen molar-refractivity contribution in [3.8, 4) is 0 Å². The molecule has 1 aromatic rings. The number of rotatable bonds is 7. The average Bonchev–Trinajstić information content (AvgIpc) is 2.37. The number of carboxylic acids is 1. The van der Waals surface area contributed by atoms with Gasteiger partial charge < -0.3 is 15.5 Å². The van der Waals surface area contributed by atoms with Crippen molar-refractivity contribution in [3.63, 3.8) is 0 Å². The fourth-order valence-corrected chi connectivity index (χ4v) is 1.42. The van der Waals surface area contributed by atoms with E-state index < -0.39 is 10.9 Å². The minimum Gasteiger partial charge on any atom is -0.478 e. The summed E-state index contributed by atoms with van der Waals surface area (Å²) in [5, 5.41) is 30.9. The monoisotopic (exact) mass is 266 g/mol. The topological polar surface area (TPSA) is 113 Å². The fraction of sp³-hybridized carbons (Fsp3) is 0.250. The van der Waals surface area contributed by atoms with Crippen molar-refractivity contribution in [1.82, 2.24) is 0 Å². The molecular formula is C12H14N2O5. The maximum atomic E-state index is 10.9. The molecule has 0 aliphatic heterocycles. The van der Waals surface area contributed by atoms with Gasteiger partial charge in [0.1, 0.15) is 5.69 Å². The molecule has 0 amide bonds. The van der Waals surface area contributed by atoms with Gasteiger partial charge >= 0.3 is 5.97 Å². The summed E-state index contributed by atoms with van der Waals surface area (Å²) in [6.07, 6.45) is 2.68. The summed E-state index contributed by atoms with van der Waals surface area (Å²) >= 11 is 0. The zero-order valence-electron chi connectivity index (χ0n) is 10.1. The normalized spacial score (nSPS) is 10.6. The minimum atomic E-state index is -1.12. The Kier molecular flexibility index (Phi) is 5.49. The molecule has 102 valence electrons. The Morgan fingerprint density at radius 1 is 1.47 bits per heavy atom. The van der Waals surface area contributed by atoms with Crippen molar-refractivity contribution in [3.05, 3.63) is 40.0 Å². The molecule has 0 heterocycles. The number of nitro groups is 1. The number of hydrogen-bond acceptors (Lipinski definition) is 5. The molecule has 1 rings (SSSR count). The molecule has 0 unspecified atom stereocenters. The molecule has 7 nitrogen and oxygen atoms in total. The highest BCUT2D eigenvalue weighted by atomic mass is 16.6. The molecule has 3 N–H and O–H groups in total. The summed E-state index contributed by atoms with van der Waals surface area (Å²) in [4.78, 5) is 20.8. The van der Waals surface area contributed by atoms with E-state index in [1.54, 1.807) is 6.07 Å². The predicted octanol–water partition coefficient (Wildman–Crippen LogP) is 1.49. The molecule has 0 saturated heterocycles. The van der Waals surface area contributed by atoms with Crippen LogP contribution < -0.4 is 5.32 Å². The first-order chi connectivity index (χ1) is 9.04. The van der Waals surface area contributed by atoms with Crippen LogP contribution in [0.2, 0.25) is 0 Å². The number of aliphatic hydroxyl groups is 1. The van der Waals surface area contributed by atoms with Crippen LogP contribution in [0.3, 0.4) is 0 Å².